The Bertz CT molecular complexity index is 1080. The van der Waals surface area contributed by atoms with Crippen LogP contribution < -0.4 is 10.9 Å². The van der Waals surface area contributed by atoms with Gasteiger partial charge in [-0.1, -0.05) is 13.0 Å². The molecule has 0 spiro atoms. The minimum Gasteiger partial charge on any atom is -0.338 e. The molecule has 0 amide bonds. The number of nitrogens with zero attached hydrogens (tertiary/aromatic N) is 3. The molecule has 2 N–H and O–H groups in total. The summed E-state index contributed by atoms with van der Waals surface area (Å²) < 4.78 is 1.87. The lowest BCUT2D eigenvalue weighted by molar-refractivity contribution is 0.426. The van der Waals surface area contributed by atoms with Gasteiger partial charge in [0.25, 0.3) is 5.56 Å². The molecule has 6 nitrogen and oxygen atoms in total. The third kappa shape index (κ3) is 3.21. The molecule has 27 heavy (non-hydrogen) atoms. The zero-order chi connectivity index (χ0) is 19.0. The van der Waals surface area contributed by atoms with Crippen LogP contribution in [0.5, 0.6) is 0 Å². The fourth-order valence-corrected chi connectivity index (χ4v) is 3.68. The molecule has 2 heterocycles. The van der Waals surface area contributed by atoms with E-state index in [1.54, 1.807) is 6.20 Å². The molecular formula is C21H22N5O. The largest absolute Gasteiger partial charge is 0.338 e. The molecule has 0 saturated heterocycles. The number of aromatic nitrogens is 3. The summed E-state index contributed by atoms with van der Waals surface area (Å²) in [4.78, 5) is 15.3. The molecular weight excluding hydrogens is 338 g/mol. The molecule has 6 heteroatoms. The van der Waals surface area contributed by atoms with E-state index in [4.69, 9.17) is 5.10 Å². The highest BCUT2D eigenvalue weighted by molar-refractivity contribution is 5.91. The van der Waals surface area contributed by atoms with E-state index in [9.17, 15) is 10.1 Å². The molecule has 2 aromatic heterocycles. The first-order valence-electron chi connectivity index (χ1n) is 9.26. The Morgan fingerprint density at radius 3 is 2.93 bits per heavy atom. The van der Waals surface area contributed by atoms with Gasteiger partial charge in [-0.05, 0) is 61.4 Å². The van der Waals surface area contributed by atoms with Gasteiger partial charge >= 0.3 is 0 Å². The smallest absolute Gasteiger partial charge is 0.261 e. The zero-order valence-corrected chi connectivity index (χ0v) is 15.5. The van der Waals surface area contributed by atoms with Crippen LogP contribution in [0, 0.1) is 30.6 Å². The van der Waals surface area contributed by atoms with E-state index in [0.29, 0.717) is 23.5 Å². The Morgan fingerprint density at radius 2 is 2.26 bits per heavy atom. The van der Waals surface area contributed by atoms with Crippen LogP contribution in [0.3, 0.4) is 0 Å². The van der Waals surface area contributed by atoms with Gasteiger partial charge in [-0.3, -0.25) is 9.48 Å². The maximum absolute atomic E-state index is 12.5. The van der Waals surface area contributed by atoms with Crippen molar-refractivity contribution in [3.8, 4) is 6.07 Å². The van der Waals surface area contributed by atoms with E-state index in [-0.39, 0.29) is 11.6 Å². The summed E-state index contributed by atoms with van der Waals surface area (Å²) in [7, 11) is 0. The molecule has 3 aromatic rings. The normalized spacial score (nSPS) is 14.9. The van der Waals surface area contributed by atoms with E-state index in [2.05, 4.69) is 29.7 Å². The molecule has 4 rings (SSSR count). The van der Waals surface area contributed by atoms with Crippen LogP contribution in [0.15, 0.2) is 35.3 Å². The summed E-state index contributed by atoms with van der Waals surface area (Å²) >= 11 is 0. The first-order valence-corrected chi connectivity index (χ1v) is 9.26. The Kier molecular flexibility index (Phi) is 4.44. The lowest BCUT2D eigenvalue weighted by atomic mass is 10.1. The molecule has 1 unspecified atom stereocenters. The van der Waals surface area contributed by atoms with Crippen molar-refractivity contribution in [3.05, 3.63) is 58.4 Å². The van der Waals surface area contributed by atoms with Gasteiger partial charge in [0, 0.05) is 11.9 Å². The molecule has 0 bridgehead atoms. The SMILES string of the molecule is C[CH]c1ccc(Nc2nn(C(CC#N)C3CC3)c3cc[nH]c(=O)c23)cc1C. The maximum atomic E-state index is 12.5. The number of nitriles is 1. The quantitative estimate of drug-likeness (QED) is 0.689. The van der Waals surface area contributed by atoms with E-state index < -0.39 is 0 Å². The molecule has 0 aliphatic heterocycles. The van der Waals surface area contributed by atoms with Crippen LogP contribution >= 0.6 is 0 Å². The maximum Gasteiger partial charge on any atom is 0.261 e. The van der Waals surface area contributed by atoms with Crippen molar-refractivity contribution < 1.29 is 0 Å². The molecule has 137 valence electrons. The van der Waals surface area contributed by atoms with E-state index >= 15 is 0 Å². The number of hydrogen-bond donors (Lipinski definition) is 2. The first kappa shape index (κ1) is 17.3. The number of anilines is 2. The minimum atomic E-state index is -0.178. The lowest BCUT2D eigenvalue weighted by Crippen LogP contribution is -2.13. The van der Waals surface area contributed by atoms with Crippen molar-refractivity contribution in [2.24, 2.45) is 5.92 Å². The standard InChI is InChI=1S/C21H22N5O/c1-3-14-6-7-16(12-13(14)2)24-20-19-18(9-11-23-21(19)27)26(25-20)17(8-10-22)15-4-5-15/h3,6-7,9,11-12,15,17H,4-5,8H2,1-2H3,(H,23,27)(H,24,25). The zero-order valence-electron chi connectivity index (χ0n) is 15.5. The third-order valence-corrected chi connectivity index (χ3v) is 5.25. The average molecular weight is 360 g/mol. The van der Waals surface area contributed by atoms with Crippen molar-refractivity contribution in [3.63, 3.8) is 0 Å². The monoisotopic (exact) mass is 360 g/mol. The van der Waals surface area contributed by atoms with Gasteiger partial charge in [0.2, 0.25) is 0 Å². The van der Waals surface area contributed by atoms with Gasteiger partial charge in [-0.2, -0.15) is 10.4 Å². The number of H-pyrrole nitrogens is 1. The van der Waals surface area contributed by atoms with Gasteiger partial charge < -0.3 is 10.3 Å². The topological polar surface area (TPSA) is 86.5 Å². The van der Waals surface area contributed by atoms with Crippen LogP contribution in [-0.4, -0.2) is 14.8 Å². The number of rotatable bonds is 6. The predicted octanol–water partition coefficient (Wildman–Crippen LogP) is 4.21. The number of fused-ring (bicyclic) bond motifs is 1. The number of aryl methyl sites for hydroxylation is 1. The number of benzene rings is 1. The van der Waals surface area contributed by atoms with Gasteiger partial charge in [-0.25, -0.2) is 0 Å². The second-order valence-corrected chi connectivity index (χ2v) is 7.11. The fourth-order valence-electron chi connectivity index (χ4n) is 3.68. The fraction of sp³-hybridized carbons (Fsp3) is 0.333. The minimum absolute atomic E-state index is 0.00801. The number of nitrogens with one attached hydrogen (secondary N) is 2. The summed E-state index contributed by atoms with van der Waals surface area (Å²) in [6, 6.07) is 10.2. The molecule has 1 radical (unpaired) electrons. The molecule has 1 aliphatic carbocycles. The van der Waals surface area contributed by atoms with Crippen LogP contribution in [0.4, 0.5) is 11.5 Å². The lowest BCUT2D eigenvalue weighted by Gasteiger charge is -2.14. The first-order chi connectivity index (χ1) is 13.1. The number of aromatic amines is 1. The van der Waals surface area contributed by atoms with Crippen LogP contribution in [-0.2, 0) is 0 Å². The molecule has 1 aliphatic rings. The van der Waals surface area contributed by atoms with Gasteiger partial charge in [-0.15, -0.1) is 0 Å². The molecule has 1 saturated carbocycles. The summed E-state index contributed by atoms with van der Waals surface area (Å²) in [5, 5.41) is 17.8. The summed E-state index contributed by atoms with van der Waals surface area (Å²) in [6.07, 6.45) is 6.31. The predicted molar refractivity (Wildman–Crippen MR) is 106 cm³/mol. The highest BCUT2D eigenvalue weighted by Crippen LogP contribution is 2.42. The van der Waals surface area contributed by atoms with Crippen molar-refractivity contribution in [2.45, 2.75) is 39.2 Å². The van der Waals surface area contributed by atoms with Gasteiger partial charge in [0.15, 0.2) is 5.82 Å². The van der Waals surface area contributed by atoms with Crippen LogP contribution in [0.25, 0.3) is 10.9 Å². The van der Waals surface area contributed by atoms with Gasteiger partial charge in [0.05, 0.1) is 24.0 Å². The van der Waals surface area contributed by atoms with Crippen molar-refractivity contribution >= 4 is 22.4 Å². The Hall–Kier alpha value is -3.07. The van der Waals surface area contributed by atoms with Crippen molar-refractivity contribution in [1.29, 1.82) is 5.26 Å². The van der Waals surface area contributed by atoms with Crippen molar-refractivity contribution in [2.75, 3.05) is 5.32 Å². The number of hydrogen-bond acceptors (Lipinski definition) is 4. The average Bonchev–Trinajstić information content (AvgIpc) is 3.43. The molecule has 1 atom stereocenters. The Labute approximate surface area is 157 Å². The third-order valence-electron chi connectivity index (χ3n) is 5.25. The molecule has 1 fully saturated rings. The highest BCUT2D eigenvalue weighted by Gasteiger charge is 2.34. The second-order valence-electron chi connectivity index (χ2n) is 7.11. The second kappa shape index (κ2) is 6.92. The summed E-state index contributed by atoms with van der Waals surface area (Å²) in [6.45, 7) is 4.07. The van der Waals surface area contributed by atoms with Crippen LogP contribution in [0.2, 0.25) is 0 Å². The summed E-state index contributed by atoms with van der Waals surface area (Å²) in [5.41, 5.74) is 3.81. The van der Waals surface area contributed by atoms with Gasteiger partial charge in [0.1, 0.15) is 5.39 Å². The van der Waals surface area contributed by atoms with Crippen LogP contribution in [0.1, 0.15) is 43.4 Å². The molecule has 1 aromatic carbocycles. The van der Waals surface area contributed by atoms with E-state index in [0.717, 1.165) is 29.6 Å². The van der Waals surface area contributed by atoms with Crippen molar-refractivity contribution in [1.82, 2.24) is 14.8 Å². The van der Waals surface area contributed by atoms with E-state index in [1.807, 2.05) is 35.9 Å². The highest BCUT2D eigenvalue weighted by atomic mass is 16.1. The summed E-state index contributed by atoms with van der Waals surface area (Å²) in [5.74, 6) is 0.990. The Balaban J connectivity index is 1.80. The number of pyridine rings is 1. The van der Waals surface area contributed by atoms with E-state index in [1.165, 1.54) is 5.56 Å². The Morgan fingerprint density at radius 1 is 1.44 bits per heavy atom.